The van der Waals surface area contributed by atoms with Crippen LogP contribution in [-0.2, 0) is 0 Å². The topological polar surface area (TPSA) is 49.5 Å². The highest BCUT2D eigenvalue weighted by molar-refractivity contribution is 4.72. The summed E-state index contributed by atoms with van der Waals surface area (Å²) >= 11 is 0. The predicted octanol–water partition coefficient (Wildman–Crippen LogP) is -0.437. The SMILES string of the molecule is C[C@@H]1C[C@H](O)CN(N)C1. The van der Waals surface area contributed by atoms with Gasteiger partial charge in [0.25, 0.3) is 0 Å². The lowest BCUT2D eigenvalue weighted by atomic mass is 9.99. The van der Waals surface area contributed by atoms with Crippen molar-refractivity contribution < 1.29 is 5.11 Å². The van der Waals surface area contributed by atoms with Gasteiger partial charge in [-0.1, -0.05) is 6.92 Å². The number of nitrogens with two attached hydrogens (primary N) is 1. The van der Waals surface area contributed by atoms with E-state index >= 15 is 0 Å². The largest absolute Gasteiger partial charge is 0.392 e. The minimum Gasteiger partial charge on any atom is -0.392 e. The molecule has 0 aromatic heterocycles. The number of β-amino-alcohol motifs (C(OH)–C–C–N with tert-alkyl or cyclic N) is 1. The van der Waals surface area contributed by atoms with Gasteiger partial charge in [0.2, 0.25) is 0 Å². The van der Waals surface area contributed by atoms with Crippen LogP contribution in [0.25, 0.3) is 0 Å². The average molecular weight is 130 g/mol. The van der Waals surface area contributed by atoms with Crippen molar-refractivity contribution in [2.24, 2.45) is 11.8 Å². The van der Waals surface area contributed by atoms with Crippen molar-refractivity contribution >= 4 is 0 Å². The molecule has 1 aliphatic rings. The summed E-state index contributed by atoms with van der Waals surface area (Å²) in [5.74, 6) is 6.03. The van der Waals surface area contributed by atoms with Gasteiger partial charge in [-0.15, -0.1) is 0 Å². The van der Waals surface area contributed by atoms with Crippen LogP contribution >= 0.6 is 0 Å². The Morgan fingerprint density at radius 3 is 2.67 bits per heavy atom. The monoisotopic (exact) mass is 130 g/mol. The van der Waals surface area contributed by atoms with E-state index in [0.717, 1.165) is 13.0 Å². The molecule has 1 heterocycles. The molecule has 2 atom stereocenters. The van der Waals surface area contributed by atoms with Gasteiger partial charge >= 0.3 is 0 Å². The molecular formula is C6H14N2O. The van der Waals surface area contributed by atoms with Crippen molar-refractivity contribution in [2.75, 3.05) is 13.1 Å². The summed E-state index contributed by atoms with van der Waals surface area (Å²) in [5, 5.41) is 10.8. The summed E-state index contributed by atoms with van der Waals surface area (Å²) in [4.78, 5) is 0. The van der Waals surface area contributed by atoms with E-state index in [1.54, 1.807) is 5.01 Å². The average Bonchev–Trinajstić information content (AvgIpc) is 1.59. The van der Waals surface area contributed by atoms with Gasteiger partial charge in [0.05, 0.1) is 6.10 Å². The van der Waals surface area contributed by atoms with Crippen LogP contribution in [0.4, 0.5) is 0 Å². The highest BCUT2D eigenvalue weighted by Gasteiger charge is 2.20. The number of nitrogens with zero attached hydrogens (tertiary/aromatic N) is 1. The van der Waals surface area contributed by atoms with Gasteiger partial charge in [-0.3, -0.25) is 5.84 Å². The second kappa shape index (κ2) is 2.64. The second-order valence-corrected chi connectivity index (χ2v) is 2.95. The van der Waals surface area contributed by atoms with Crippen LogP contribution in [0.2, 0.25) is 0 Å². The molecule has 1 fully saturated rings. The van der Waals surface area contributed by atoms with E-state index in [1.807, 2.05) is 0 Å². The molecule has 1 saturated heterocycles. The maximum absolute atomic E-state index is 9.13. The number of hydrogen-bond donors (Lipinski definition) is 2. The van der Waals surface area contributed by atoms with Gasteiger partial charge < -0.3 is 5.11 Å². The first-order chi connectivity index (χ1) is 4.18. The molecule has 0 amide bonds. The molecule has 0 bridgehead atoms. The van der Waals surface area contributed by atoms with Crippen molar-refractivity contribution in [3.63, 3.8) is 0 Å². The third-order valence-corrected chi connectivity index (χ3v) is 1.67. The van der Waals surface area contributed by atoms with Crippen molar-refractivity contribution in [2.45, 2.75) is 19.4 Å². The Hall–Kier alpha value is -0.120. The Balaban J connectivity index is 2.34. The molecule has 1 aliphatic heterocycles. The highest BCUT2D eigenvalue weighted by Crippen LogP contribution is 2.12. The van der Waals surface area contributed by atoms with E-state index in [2.05, 4.69) is 6.92 Å². The lowest BCUT2D eigenvalue weighted by Gasteiger charge is -2.30. The van der Waals surface area contributed by atoms with Crippen LogP contribution in [0.3, 0.4) is 0 Å². The third kappa shape index (κ3) is 1.93. The van der Waals surface area contributed by atoms with Crippen LogP contribution in [0, 0.1) is 5.92 Å². The molecule has 54 valence electrons. The first-order valence-electron chi connectivity index (χ1n) is 3.36. The number of hydrazine groups is 1. The zero-order valence-electron chi connectivity index (χ0n) is 5.75. The molecule has 9 heavy (non-hydrogen) atoms. The van der Waals surface area contributed by atoms with Crippen molar-refractivity contribution in [1.29, 1.82) is 0 Å². The smallest absolute Gasteiger partial charge is 0.0684 e. The Bertz CT molecular complexity index is 72.0. The van der Waals surface area contributed by atoms with E-state index in [4.69, 9.17) is 10.9 Å². The first kappa shape index (κ1) is 6.99. The first-order valence-corrected chi connectivity index (χ1v) is 3.36. The molecule has 3 N–H and O–H groups in total. The number of aliphatic hydroxyl groups is 1. The molecule has 0 unspecified atom stereocenters. The molecule has 0 radical (unpaired) electrons. The lowest BCUT2D eigenvalue weighted by molar-refractivity contribution is 0.0448. The fourth-order valence-corrected chi connectivity index (χ4v) is 1.36. The Kier molecular flexibility index (Phi) is 2.05. The molecule has 3 nitrogen and oxygen atoms in total. The zero-order valence-corrected chi connectivity index (χ0v) is 5.75. The summed E-state index contributed by atoms with van der Waals surface area (Å²) in [5.41, 5.74) is 0. The molecule has 1 rings (SSSR count). The van der Waals surface area contributed by atoms with Crippen LogP contribution in [0.1, 0.15) is 13.3 Å². The Morgan fingerprint density at radius 1 is 1.56 bits per heavy atom. The number of hydrogen-bond acceptors (Lipinski definition) is 3. The molecule has 0 aromatic carbocycles. The minimum absolute atomic E-state index is 0.209. The minimum atomic E-state index is -0.209. The van der Waals surface area contributed by atoms with Gasteiger partial charge in [0, 0.05) is 13.1 Å². The highest BCUT2D eigenvalue weighted by atomic mass is 16.3. The number of rotatable bonds is 0. The van der Waals surface area contributed by atoms with Gasteiger partial charge in [0.1, 0.15) is 0 Å². The van der Waals surface area contributed by atoms with E-state index < -0.39 is 0 Å². The molecule has 0 aromatic rings. The van der Waals surface area contributed by atoms with Gasteiger partial charge in [-0.2, -0.15) is 0 Å². The fourth-order valence-electron chi connectivity index (χ4n) is 1.36. The zero-order chi connectivity index (χ0) is 6.85. The van der Waals surface area contributed by atoms with E-state index in [1.165, 1.54) is 0 Å². The van der Waals surface area contributed by atoms with Crippen molar-refractivity contribution in [3.8, 4) is 0 Å². The summed E-state index contributed by atoms with van der Waals surface area (Å²) in [7, 11) is 0. The maximum atomic E-state index is 9.13. The van der Waals surface area contributed by atoms with Crippen LogP contribution in [0.5, 0.6) is 0 Å². The second-order valence-electron chi connectivity index (χ2n) is 2.95. The predicted molar refractivity (Wildman–Crippen MR) is 35.5 cm³/mol. The Labute approximate surface area is 55.4 Å². The quantitative estimate of drug-likeness (QED) is 0.437. The lowest BCUT2D eigenvalue weighted by Crippen LogP contribution is -2.46. The van der Waals surface area contributed by atoms with Crippen LogP contribution in [0.15, 0.2) is 0 Å². The molecule has 3 heteroatoms. The number of piperidine rings is 1. The molecule has 0 saturated carbocycles. The van der Waals surface area contributed by atoms with E-state index in [9.17, 15) is 0 Å². The van der Waals surface area contributed by atoms with Gasteiger partial charge in [0.15, 0.2) is 0 Å². The Morgan fingerprint density at radius 2 is 2.22 bits per heavy atom. The van der Waals surface area contributed by atoms with E-state index in [0.29, 0.717) is 12.5 Å². The standard InChI is InChI=1S/C6H14N2O/c1-5-2-6(9)4-8(7)3-5/h5-6,9H,2-4,7H2,1H3/t5-,6+/m1/s1. The molecular weight excluding hydrogens is 116 g/mol. The molecule has 0 aliphatic carbocycles. The summed E-state index contributed by atoms with van der Waals surface area (Å²) < 4.78 is 0. The van der Waals surface area contributed by atoms with E-state index in [-0.39, 0.29) is 6.10 Å². The van der Waals surface area contributed by atoms with Gasteiger partial charge in [-0.05, 0) is 12.3 Å². The summed E-state index contributed by atoms with van der Waals surface area (Å²) in [6, 6.07) is 0. The molecule has 0 spiro atoms. The van der Waals surface area contributed by atoms with Gasteiger partial charge in [-0.25, -0.2) is 5.01 Å². The third-order valence-electron chi connectivity index (χ3n) is 1.67. The maximum Gasteiger partial charge on any atom is 0.0684 e. The number of aliphatic hydroxyl groups excluding tert-OH is 1. The van der Waals surface area contributed by atoms with Crippen molar-refractivity contribution in [1.82, 2.24) is 5.01 Å². The fraction of sp³-hybridized carbons (Fsp3) is 1.00. The van der Waals surface area contributed by atoms with Crippen molar-refractivity contribution in [3.05, 3.63) is 0 Å². The van der Waals surface area contributed by atoms with Crippen LogP contribution in [-0.4, -0.2) is 29.3 Å². The normalized spacial score (nSPS) is 39.0. The van der Waals surface area contributed by atoms with Crippen LogP contribution < -0.4 is 5.84 Å². The summed E-state index contributed by atoms with van der Waals surface area (Å²) in [6.07, 6.45) is 0.687. The summed E-state index contributed by atoms with van der Waals surface area (Å²) in [6.45, 7) is 3.64.